The molecule has 206 valence electrons. The molecule has 9 nitrogen and oxygen atoms in total. The van der Waals surface area contributed by atoms with E-state index in [-0.39, 0.29) is 36.8 Å². The first kappa shape index (κ1) is 30.0. The van der Waals surface area contributed by atoms with Crippen molar-refractivity contribution < 1.29 is 14.6 Å². The number of halogens is 2. The lowest BCUT2D eigenvalue weighted by atomic mass is 10.0. The van der Waals surface area contributed by atoms with Crippen LogP contribution in [0.3, 0.4) is 0 Å². The lowest BCUT2D eigenvalue weighted by Gasteiger charge is -2.18. The van der Waals surface area contributed by atoms with Crippen LogP contribution >= 0.6 is 24.8 Å². The highest BCUT2D eigenvalue weighted by atomic mass is 35.5. The maximum atomic E-state index is 12.7. The van der Waals surface area contributed by atoms with Crippen molar-refractivity contribution in [2.45, 2.75) is 39.0 Å². The highest BCUT2D eigenvalue weighted by Crippen LogP contribution is 2.24. The zero-order chi connectivity index (χ0) is 25.8. The van der Waals surface area contributed by atoms with Gasteiger partial charge < -0.3 is 19.7 Å². The number of nitrogens with zero attached hydrogens (tertiary/aromatic N) is 5. The first-order valence-electron chi connectivity index (χ1n) is 12.4. The van der Waals surface area contributed by atoms with Gasteiger partial charge in [0, 0.05) is 41.8 Å². The number of ether oxygens (including phenoxy) is 1. The first-order valence-corrected chi connectivity index (χ1v) is 12.4. The molecule has 2 aromatic carbocycles. The van der Waals surface area contributed by atoms with Gasteiger partial charge in [0.05, 0.1) is 12.7 Å². The Bertz CT molecular complexity index is 1520. The van der Waals surface area contributed by atoms with Crippen molar-refractivity contribution in [3.63, 3.8) is 0 Å². The number of carbonyl (C=O) groups is 1. The molecule has 0 fully saturated rings. The predicted octanol–water partition coefficient (Wildman–Crippen LogP) is 4.40. The molecule has 2 N–H and O–H groups in total. The van der Waals surface area contributed by atoms with Crippen LogP contribution in [0.1, 0.15) is 47.1 Å². The summed E-state index contributed by atoms with van der Waals surface area (Å²) in [6.07, 6.45) is 1.83. The van der Waals surface area contributed by atoms with E-state index in [1.807, 2.05) is 41.8 Å². The number of aliphatic hydroxyl groups is 1. The zero-order valence-corrected chi connectivity index (χ0v) is 23.4. The fourth-order valence-corrected chi connectivity index (χ4v) is 4.57. The summed E-state index contributed by atoms with van der Waals surface area (Å²) in [5.74, 6) is -0.319. The third-order valence-electron chi connectivity index (χ3n) is 6.43. The first-order chi connectivity index (χ1) is 18.0. The third kappa shape index (κ3) is 6.93. The molecule has 0 saturated carbocycles. The Hall–Kier alpha value is -3.50. The predicted molar refractivity (Wildman–Crippen MR) is 155 cm³/mol. The van der Waals surface area contributed by atoms with Crippen LogP contribution in [0.25, 0.3) is 16.6 Å². The van der Waals surface area contributed by atoms with E-state index in [0.717, 1.165) is 34.0 Å². The highest BCUT2D eigenvalue weighted by molar-refractivity contribution is 5.96. The second-order valence-electron chi connectivity index (χ2n) is 9.19. The van der Waals surface area contributed by atoms with Crippen LogP contribution in [0.5, 0.6) is 0 Å². The summed E-state index contributed by atoms with van der Waals surface area (Å²) in [6, 6.07) is 22.0. The zero-order valence-electron chi connectivity index (χ0n) is 21.7. The summed E-state index contributed by atoms with van der Waals surface area (Å²) in [6.45, 7) is 5.22. The Morgan fingerprint density at radius 2 is 1.85 bits per heavy atom. The van der Waals surface area contributed by atoms with E-state index in [0.29, 0.717) is 31.0 Å². The minimum absolute atomic E-state index is 0. The molecule has 5 rings (SSSR count). The summed E-state index contributed by atoms with van der Waals surface area (Å²) >= 11 is 0. The largest absolute Gasteiger partial charge is 0.461 e. The summed E-state index contributed by atoms with van der Waals surface area (Å²) < 4.78 is 8.90. The number of hydrogen-bond acceptors (Lipinski definition) is 7. The van der Waals surface area contributed by atoms with Crippen molar-refractivity contribution in [2.24, 2.45) is 0 Å². The lowest BCUT2D eigenvalue weighted by Crippen LogP contribution is -2.32. The van der Waals surface area contributed by atoms with E-state index < -0.39 is 6.10 Å². The van der Waals surface area contributed by atoms with Gasteiger partial charge in [-0.2, -0.15) is 0 Å². The fourth-order valence-electron chi connectivity index (χ4n) is 4.57. The second kappa shape index (κ2) is 13.5. The van der Waals surface area contributed by atoms with E-state index >= 15 is 0 Å². The van der Waals surface area contributed by atoms with Gasteiger partial charge in [-0.1, -0.05) is 42.5 Å². The van der Waals surface area contributed by atoms with Crippen molar-refractivity contribution in [1.82, 2.24) is 29.9 Å². The smallest absolute Gasteiger partial charge is 0.354 e. The summed E-state index contributed by atoms with van der Waals surface area (Å²) in [7, 11) is 0. The molecule has 0 spiro atoms. The molecular weight excluding hydrogens is 539 g/mol. The van der Waals surface area contributed by atoms with Crippen molar-refractivity contribution in [3.05, 3.63) is 95.3 Å². The van der Waals surface area contributed by atoms with Gasteiger partial charge in [0.2, 0.25) is 0 Å². The molecule has 0 amide bonds. The molecule has 39 heavy (non-hydrogen) atoms. The van der Waals surface area contributed by atoms with Gasteiger partial charge in [0.25, 0.3) is 0 Å². The second-order valence-corrected chi connectivity index (χ2v) is 9.19. The van der Waals surface area contributed by atoms with Crippen LogP contribution in [0.15, 0.2) is 72.9 Å². The Kier molecular flexibility index (Phi) is 10.4. The topological polar surface area (TPSA) is 107 Å². The molecule has 0 radical (unpaired) electrons. The van der Waals surface area contributed by atoms with Gasteiger partial charge in [-0.3, -0.25) is 0 Å². The maximum Gasteiger partial charge on any atom is 0.354 e. The van der Waals surface area contributed by atoms with Gasteiger partial charge >= 0.3 is 5.97 Å². The molecular formula is C28H32Cl2N6O3. The molecule has 2 atom stereocenters. The quantitative estimate of drug-likeness (QED) is 0.239. The minimum Gasteiger partial charge on any atom is -0.461 e. The van der Waals surface area contributed by atoms with Crippen LogP contribution < -0.4 is 5.32 Å². The van der Waals surface area contributed by atoms with Gasteiger partial charge in [-0.15, -0.1) is 29.9 Å². The average molecular weight is 572 g/mol. The lowest BCUT2D eigenvalue weighted by molar-refractivity contribution is 0.0515. The Balaban J connectivity index is 0.00000210. The van der Waals surface area contributed by atoms with E-state index in [1.165, 1.54) is 0 Å². The number of tetrazole rings is 1. The molecule has 0 saturated heterocycles. The molecule has 0 aliphatic rings. The number of aliphatic hydroxyl groups excluding tert-OH is 1. The maximum absolute atomic E-state index is 12.7. The van der Waals surface area contributed by atoms with Crippen molar-refractivity contribution >= 4 is 47.3 Å². The molecule has 0 bridgehead atoms. The number of rotatable bonds is 10. The third-order valence-corrected chi connectivity index (χ3v) is 6.43. The normalized spacial score (nSPS) is 12.5. The number of pyridine rings is 1. The van der Waals surface area contributed by atoms with E-state index in [9.17, 15) is 9.90 Å². The van der Waals surface area contributed by atoms with Crippen LogP contribution in [-0.4, -0.2) is 54.9 Å². The van der Waals surface area contributed by atoms with E-state index in [2.05, 4.69) is 58.1 Å². The number of nitrogens with one attached hydrogen (secondary N) is 1. The Morgan fingerprint density at radius 3 is 2.62 bits per heavy atom. The SMILES string of the molecule is CCOC(=O)c1cc2cc(C[C@@H](C)NC[C@H](O)c3ccc4nnnn4c3)ccc2n1Cc1ccccc1.Cl.Cl. The fraction of sp³-hybridized carbons (Fsp3) is 0.286. The molecule has 3 aromatic heterocycles. The monoisotopic (exact) mass is 570 g/mol. The Labute approximate surface area is 239 Å². The highest BCUT2D eigenvalue weighted by Gasteiger charge is 2.18. The summed E-state index contributed by atoms with van der Waals surface area (Å²) in [4.78, 5) is 12.7. The van der Waals surface area contributed by atoms with Crippen LogP contribution in [0.4, 0.5) is 0 Å². The molecule has 0 aliphatic carbocycles. The van der Waals surface area contributed by atoms with Gasteiger partial charge in [-0.05, 0) is 66.1 Å². The van der Waals surface area contributed by atoms with Crippen LogP contribution in [0, 0.1) is 0 Å². The van der Waals surface area contributed by atoms with Crippen LogP contribution in [0.2, 0.25) is 0 Å². The van der Waals surface area contributed by atoms with E-state index in [4.69, 9.17) is 4.74 Å². The summed E-state index contributed by atoms with van der Waals surface area (Å²) in [5.41, 5.74) is 5.18. The van der Waals surface area contributed by atoms with Gasteiger partial charge in [0.1, 0.15) is 5.69 Å². The standard InChI is InChI=1S/C28H30N6O3.2ClH/c1-3-37-28(36)25-15-23-14-21(9-11-24(23)33(25)17-20-7-5-4-6-8-20)13-19(2)29-16-26(35)22-10-12-27-30-31-32-34(27)18-22;;/h4-12,14-15,18-19,26,29,35H,3,13,16-17H2,1-2H3;2*1H/t19-,26+;;/m1../s1. The molecule has 0 unspecified atom stereocenters. The number of carbonyl (C=O) groups excluding carboxylic acids is 1. The number of fused-ring (bicyclic) bond motifs is 2. The molecule has 5 aromatic rings. The number of benzene rings is 2. The van der Waals surface area contributed by atoms with Gasteiger partial charge in [0.15, 0.2) is 5.65 Å². The minimum atomic E-state index is -0.683. The van der Waals surface area contributed by atoms with Crippen molar-refractivity contribution in [3.8, 4) is 0 Å². The molecule has 3 heterocycles. The Morgan fingerprint density at radius 1 is 1.05 bits per heavy atom. The van der Waals surface area contributed by atoms with Crippen molar-refractivity contribution in [1.29, 1.82) is 0 Å². The molecule has 11 heteroatoms. The van der Waals surface area contributed by atoms with Crippen molar-refractivity contribution in [2.75, 3.05) is 13.2 Å². The molecule has 0 aliphatic heterocycles. The van der Waals surface area contributed by atoms with E-state index in [1.54, 1.807) is 16.8 Å². The number of aromatic nitrogens is 5. The van der Waals surface area contributed by atoms with Crippen LogP contribution in [-0.2, 0) is 17.7 Å². The number of hydrogen-bond donors (Lipinski definition) is 2. The van der Waals surface area contributed by atoms with Gasteiger partial charge in [-0.25, -0.2) is 9.31 Å². The average Bonchev–Trinajstić information content (AvgIpc) is 3.52. The number of esters is 1. The summed E-state index contributed by atoms with van der Waals surface area (Å²) in [5, 5.41) is 26.4.